The van der Waals surface area contributed by atoms with Crippen molar-refractivity contribution in [3.8, 4) is 6.07 Å². The highest BCUT2D eigenvalue weighted by Gasteiger charge is 2.05. The van der Waals surface area contributed by atoms with Crippen LogP contribution in [0.3, 0.4) is 0 Å². The van der Waals surface area contributed by atoms with E-state index in [4.69, 9.17) is 16.9 Å². The second-order valence-corrected chi connectivity index (χ2v) is 4.81. The Morgan fingerprint density at radius 2 is 2.67 bits per heavy atom. The molecule has 0 N–H and O–H groups in total. The smallest absolute Gasteiger partial charge is 0.150 e. The number of halogens is 1. The highest BCUT2D eigenvalue weighted by Crippen LogP contribution is 2.23. The third-order valence-corrected chi connectivity index (χ3v) is 3.76. The summed E-state index contributed by atoms with van der Waals surface area (Å²) in [7, 11) is 0. The first kappa shape index (κ1) is 9.85. The second kappa shape index (κ2) is 4.70. The number of thiazole rings is 1. The number of nitriles is 1. The van der Waals surface area contributed by atoms with Crippen molar-refractivity contribution in [1.82, 2.24) is 4.98 Å². The number of aromatic nitrogens is 1. The first-order valence-corrected chi connectivity index (χ1v) is 5.61. The summed E-state index contributed by atoms with van der Waals surface area (Å²) in [4.78, 5) is 4.23. The predicted octanol–water partition coefficient (Wildman–Crippen LogP) is 2.67. The third-order valence-electron chi connectivity index (χ3n) is 1.09. The van der Waals surface area contributed by atoms with Gasteiger partial charge in [-0.05, 0) is 6.92 Å². The summed E-state index contributed by atoms with van der Waals surface area (Å²) in [6, 6.07) is 1.96. The van der Waals surface area contributed by atoms with E-state index in [0.29, 0.717) is 5.75 Å². The molecule has 1 aromatic rings. The molecule has 1 heterocycles. The summed E-state index contributed by atoms with van der Waals surface area (Å²) in [5, 5.41) is 9.97. The Balaban J connectivity index is 2.39. The van der Waals surface area contributed by atoms with Crippen LogP contribution in [0.4, 0.5) is 0 Å². The molecular weight excluding hydrogens is 212 g/mol. The van der Waals surface area contributed by atoms with Gasteiger partial charge >= 0.3 is 0 Å². The number of hydrogen-bond donors (Lipinski definition) is 0. The van der Waals surface area contributed by atoms with Gasteiger partial charge < -0.3 is 0 Å². The molecule has 0 aromatic carbocycles. The molecule has 0 fully saturated rings. The summed E-state index contributed by atoms with van der Waals surface area (Å²) in [6.07, 6.45) is 0. The van der Waals surface area contributed by atoms with Gasteiger partial charge in [0.25, 0.3) is 0 Å². The van der Waals surface area contributed by atoms with Gasteiger partial charge in [0, 0.05) is 16.8 Å². The molecule has 1 aromatic heterocycles. The minimum Gasteiger partial charge on any atom is -0.235 e. The molecule has 1 unspecified atom stereocenters. The molecule has 0 radical (unpaired) electrons. The Morgan fingerprint density at radius 3 is 3.17 bits per heavy atom. The molecule has 0 amide bonds. The zero-order valence-corrected chi connectivity index (χ0v) is 8.84. The Labute approximate surface area is 84.6 Å². The van der Waals surface area contributed by atoms with Crippen molar-refractivity contribution in [2.75, 3.05) is 5.75 Å². The molecule has 0 spiro atoms. The van der Waals surface area contributed by atoms with Crippen LogP contribution in [-0.4, -0.2) is 16.1 Å². The van der Waals surface area contributed by atoms with Gasteiger partial charge in [0.1, 0.15) is 9.72 Å². The molecule has 2 nitrogen and oxygen atoms in total. The first-order chi connectivity index (χ1) is 5.72. The molecule has 0 saturated heterocycles. The highest BCUT2D eigenvalue weighted by molar-refractivity contribution is 8.01. The summed E-state index contributed by atoms with van der Waals surface area (Å²) in [5.41, 5.74) is 1.02. The fraction of sp³-hybridized carbons (Fsp3) is 0.429. The average molecular weight is 219 g/mol. The van der Waals surface area contributed by atoms with Crippen molar-refractivity contribution in [3.05, 3.63) is 11.1 Å². The maximum absolute atomic E-state index is 8.41. The van der Waals surface area contributed by atoms with Crippen molar-refractivity contribution in [2.45, 2.75) is 16.6 Å². The zero-order valence-electron chi connectivity index (χ0n) is 6.45. The fourth-order valence-electron chi connectivity index (χ4n) is 0.580. The van der Waals surface area contributed by atoms with Gasteiger partial charge in [-0.25, -0.2) is 4.98 Å². The van der Waals surface area contributed by atoms with Crippen molar-refractivity contribution in [2.24, 2.45) is 0 Å². The second-order valence-electron chi connectivity index (χ2n) is 2.16. The van der Waals surface area contributed by atoms with Gasteiger partial charge in [-0.3, -0.25) is 0 Å². The Hall–Kier alpha value is -0.240. The molecule has 1 rings (SSSR count). The average Bonchev–Trinajstić information content (AvgIpc) is 2.47. The maximum Gasteiger partial charge on any atom is 0.150 e. The van der Waals surface area contributed by atoms with Crippen LogP contribution in [0.1, 0.15) is 5.69 Å². The molecular formula is C7H7ClN2S2. The van der Waals surface area contributed by atoms with Crippen LogP contribution >= 0.6 is 34.7 Å². The van der Waals surface area contributed by atoms with Crippen molar-refractivity contribution in [3.63, 3.8) is 0 Å². The van der Waals surface area contributed by atoms with E-state index in [9.17, 15) is 0 Å². The van der Waals surface area contributed by atoms with E-state index in [1.54, 1.807) is 11.3 Å². The van der Waals surface area contributed by atoms with Crippen LogP contribution < -0.4 is 0 Å². The van der Waals surface area contributed by atoms with Gasteiger partial charge in [-0.15, -0.1) is 22.9 Å². The predicted molar refractivity (Wildman–Crippen MR) is 52.8 cm³/mol. The zero-order chi connectivity index (χ0) is 8.97. The van der Waals surface area contributed by atoms with Gasteiger partial charge in [0.05, 0.1) is 6.07 Å². The monoisotopic (exact) mass is 218 g/mol. The molecule has 0 aliphatic rings. The Morgan fingerprint density at radius 1 is 1.92 bits per heavy atom. The summed E-state index contributed by atoms with van der Waals surface area (Å²) in [5.74, 6) is 0.602. The lowest BCUT2D eigenvalue weighted by Gasteiger charge is -1.95. The fourth-order valence-corrected chi connectivity index (χ4v) is 2.48. The highest BCUT2D eigenvalue weighted by atomic mass is 35.5. The quantitative estimate of drug-likeness (QED) is 0.578. The van der Waals surface area contributed by atoms with Gasteiger partial charge in [-0.2, -0.15) is 5.26 Å². The Bertz CT molecular complexity index is 292. The van der Waals surface area contributed by atoms with Crippen LogP contribution in [0.2, 0.25) is 0 Å². The summed E-state index contributed by atoms with van der Waals surface area (Å²) in [6.45, 7) is 1.95. The van der Waals surface area contributed by atoms with E-state index in [-0.39, 0.29) is 0 Å². The van der Waals surface area contributed by atoms with E-state index in [1.807, 2.05) is 18.4 Å². The molecule has 12 heavy (non-hydrogen) atoms. The molecule has 5 heteroatoms. The van der Waals surface area contributed by atoms with Crippen molar-refractivity contribution < 1.29 is 0 Å². The van der Waals surface area contributed by atoms with E-state index in [1.165, 1.54) is 11.8 Å². The Kier molecular flexibility index (Phi) is 3.86. The largest absolute Gasteiger partial charge is 0.235 e. The normalized spacial score (nSPS) is 12.4. The van der Waals surface area contributed by atoms with Crippen LogP contribution in [0.15, 0.2) is 9.72 Å². The van der Waals surface area contributed by atoms with Crippen LogP contribution in [0.25, 0.3) is 0 Å². The van der Waals surface area contributed by atoms with E-state index >= 15 is 0 Å². The molecule has 0 aliphatic carbocycles. The lowest BCUT2D eigenvalue weighted by atomic mass is 10.5. The molecule has 0 saturated carbocycles. The van der Waals surface area contributed by atoms with Gasteiger partial charge in [0.15, 0.2) is 0 Å². The summed E-state index contributed by atoms with van der Waals surface area (Å²) >= 11 is 8.73. The minimum atomic E-state index is -0.417. The molecule has 64 valence electrons. The molecule has 1 atom stereocenters. The van der Waals surface area contributed by atoms with E-state index < -0.39 is 5.38 Å². The van der Waals surface area contributed by atoms with Crippen LogP contribution in [-0.2, 0) is 0 Å². The number of alkyl halides is 1. The standard InChI is InChI=1S/C7H7ClN2S2/c1-5-3-11-7(10-5)12-4-6(8)2-9/h3,6H,4H2,1H3. The topological polar surface area (TPSA) is 36.7 Å². The number of hydrogen-bond acceptors (Lipinski definition) is 4. The summed E-state index contributed by atoms with van der Waals surface area (Å²) < 4.78 is 0.980. The molecule has 0 aliphatic heterocycles. The van der Waals surface area contributed by atoms with E-state index in [0.717, 1.165) is 10.0 Å². The lowest BCUT2D eigenvalue weighted by molar-refractivity contribution is 1.15. The molecule has 0 bridgehead atoms. The van der Waals surface area contributed by atoms with Crippen LogP contribution in [0.5, 0.6) is 0 Å². The van der Waals surface area contributed by atoms with Crippen molar-refractivity contribution >= 4 is 34.7 Å². The lowest BCUT2D eigenvalue weighted by Crippen LogP contribution is -1.96. The third kappa shape index (κ3) is 3.02. The number of nitrogens with zero attached hydrogens (tertiary/aromatic N) is 2. The number of rotatable bonds is 3. The van der Waals surface area contributed by atoms with E-state index in [2.05, 4.69) is 4.98 Å². The first-order valence-electron chi connectivity index (χ1n) is 3.31. The van der Waals surface area contributed by atoms with Crippen molar-refractivity contribution in [1.29, 1.82) is 5.26 Å². The van der Waals surface area contributed by atoms with Gasteiger partial charge in [-0.1, -0.05) is 11.8 Å². The number of thioether (sulfide) groups is 1. The van der Waals surface area contributed by atoms with Gasteiger partial charge in [0.2, 0.25) is 0 Å². The number of aryl methyl sites for hydroxylation is 1. The SMILES string of the molecule is Cc1csc(SCC(Cl)C#N)n1. The minimum absolute atomic E-state index is 0.417. The maximum atomic E-state index is 8.41. The van der Waals surface area contributed by atoms with Crippen LogP contribution in [0, 0.1) is 18.3 Å².